The van der Waals surface area contributed by atoms with Crippen LogP contribution in [0.25, 0.3) is 0 Å². The van der Waals surface area contributed by atoms with E-state index in [1.807, 2.05) is 6.07 Å². The van der Waals surface area contributed by atoms with Gasteiger partial charge in [0.25, 0.3) is 0 Å². The van der Waals surface area contributed by atoms with E-state index in [2.05, 4.69) is 11.6 Å². The van der Waals surface area contributed by atoms with Crippen LogP contribution in [0.1, 0.15) is 38.2 Å². The Morgan fingerprint density at radius 1 is 1.20 bits per heavy atom. The molecular formula is C15H20N2O2S. The van der Waals surface area contributed by atoms with E-state index in [1.54, 1.807) is 0 Å². The molecule has 0 atom stereocenters. The second-order valence-electron chi connectivity index (χ2n) is 5.61. The lowest BCUT2D eigenvalue weighted by molar-refractivity contribution is 0.290. The van der Waals surface area contributed by atoms with Gasteiger partial charge in [-0.15, -0.1) is 0 Å². The van der Waals surface area contributed by atoms with Crippen LogP contribution < -0.4 is 4.72 Å². The second-order valence-corrected chi connectivity index (χ2v) is 7.38. The van der Waals surface area contributed by atoms with Crippen molar-refractivity contribution in [2.75, 3.05) is 6.54 Å². The summed E-state index contributed by atoms with van der Waals surface area (Å²) in [6.07, 6.45) is 4.56. The zero-order valence-electron chi connectivity index (χ0n) is 11.7. The molecule has 1 aromatic rings. The van der Waals surface area contributed by atoms with Crippen LogP contribution in [-0.4, -0.2) is 15.0 Å². The smallest absolute Gasteiger partial charge is 0.211 e. The summed E-state index contributed by atoms with van der Waals surface area (Å²) in [6.45, 7) is 2.76. The van der Waals surface area contributed by atoms with Crippen molar-refractivity contribution in [1.82, 2.24) is 4.72 Å². The first-order valence-electron chi connectivity index (χ1n) is 7.01. The summed E-state index contributed by atoms with van der Waals surface area (Å²) in [7, 11) is -3.46. The van der Waals surface area contributed by atoms with Crippen molar-refractivity contribution in [2.24, 2.45) is 11.8 Å². The molecular weight excluding hydrogens is 272 g/mol. The van der Waals surface area contributed by atoms with Crippen molar-refractivity contribution in [3.63, 3.8) is 0 Å². The zero-order chi connectivity index (χ0) is 14.6. The van der Waals surface area contributed by atoms with Gasteiger partial charge in [-0.25, -0.2) is 13.1 Å². The maximum atomic E-state index is 12.1. The number of nitriles is 1. The Balaban J connectivity index is 1.95. The molecule has 0 aromatic heterocycles. The minimum Gasteiger partial charge on any atom is -0.211 e. The Kier molecular flexibility index (Phi) is 4.79. The van der Waals surface area contributed by atoms with Crippen LogP contribution >= 0.6 is 0 Å². The molecule has 1 aliphatic carbocycles. The molecule has 1 aromatic carbocycles. The molecule has 1 N–H and O–H groups in total. The van der Waals surface area contributed by atoms with E-state index in [1.165, 1.54) is 37.1 Å². The van der Waals surface area contributed by atoms with Gasteiger partial charge in [-0.05, 0) is 48.9 Å². The van der Waals surface area contributed by atoms with Gasteiger partial charge in [-0.3, -0.25) is 0 Å². The highest BCUT2D eigenvalue weighted by atomic mass is 32.2. The van der Waals surface area contributed by atoms with Gasteiger partial charge >= 0.3 is 0 Å². The first kappa shape index (κ1) is 15.0. The molecule has 20 heavy (non-hydrogen) atoms. The van der Waals surface area contributed by atoms with Crippen LogP contribution in [-0.2, 0) is 10.0 Å². The molecule has 4 nitrogen and oxygen atoms in total. The second kappa shape index (κ2) is 6.38. The number of nitrogens with one attached hydrogen (secondary N) is 1. The highest BCUT2D eigenvalue weighted by Gasteiger charge is 2.21. The van der Waals surface area contributed by atoms with Gasteiger partial charge in [0.15, 0.2) is 0 Å². The van der Waals surface area contributed by atoms with Gasteiger partial charge in [-0.2, -0.15) is 5.26 Å². The molecule has 108 valence electrons. The average molecular weight is 292 g/mol. The van der Waals surface area contributed by atoms with Crippen LogP contribution in [0.4, 0.5) is 0 Å². The third-order valence-corrected chi connectivity index (χ3v) is 5.43. The Labute approximate surface area is 120 Å². The van der Waals surface area contributed by atoms with Gasteiger partial charge in [0.05, 0.1) is 16.5 Å². The molecule has 1 fully saturated rings. The summed E-state index contributed by atoms with van der Waals surface area (Å²) < 4.78 is 27.0. The van der Waals surface area contributed by atoms with E-state index in [4.69, 9.17) is 5.26 Å². The molecule has 0 radical (unpaired) electrons. The minimum absolute atomic E-state index is 0.223. The monoisotopic (exact) mass is 292 g/mol. The van der Waals surface area contributed by atoms with Gasteiger partial charge in [0.1, 0.15) is 0 Å². The number of nitrogens with zero attached hydrogens (tertiary/aromatic N) is 1. The van der Waals surface area contributed by atoms with Crippen LogP contribution in [0.2, 0.25) is 0 Å². The molecule has 0 bridgehead atoms. The topological polar surface area (TPSA) is 70.0 Å². The summed E-state index contributed by atoms with van der Waals surface area (Å²) in [6, 6.07) is 7.98. The minimum atomic E-state index is -3.46. The standard InChI is InChI=1S/C15H20N2O2S/c1-12-2-4-14(5-3-12)11-17-20(18,19)15-8-6-13(10-16)7-9-15/h6-9,12,14,17H,2-5,11H2,1H3. The summed E-state index contributed by atoms with van der Waals surface area (Å²) in [5.41, 5.74) is 0.463. The number of rotatable bonds is 4. The van der Waals surface area contributed by atoms with E-state index >= 15 is 0 Å². The van der Waals surface area contributed by atoms with Crippen molar-refractivity contribution >= 4 is 10.0 Å². The largest absolute Gasteiger partial charge is 0.240 e. The predicted molar refractivity (Wildman–Crippen MR) is 77.5 cm³/mol. The van der Waals surface area contributed by atoms with Crippen LogP contribution in [0.3, 0.4) is 0 Å². The van der Waals surface area contributed by atoms with Crippen molar-refractivity contribution in [2.45, 2.75) is 37.5 Å². The fourth-order valence-electron chi connectivity index (χ4n) is 2.55. The fraction of sp³-hybridized carbons (Fsp3) is 0.533. The van der Waals surface area contributed by atoms with Crippen molar-refractivity contribution in [1.29, 1.82) is 5.26 Å². The van der Waals surface area contributed by atoms with Crippen LogP contribution in [0.15, 0.2) is 29.2 Å². The van der Waals surface area contributed by atoms with E-state index in [0.29, 0.717) is 18.0 Å². The summed E-state index contributed by atoms with van der Waals surface area (Å²) in [5, 5.41) is 8.71. The summed E-state index contributed by atoms with van der Waals surface area (Å²) in [4.78, 5) is 0.223. The predicted octanol–water partition coefficient (Wildman–Crippen LogP) is 2.66. The van der Waals surface area contributed by atoms with Crippen molar-refractivity contribution < 1.29 is 8.42 Å². The molecule has 2 rings (SSSR count). The third-order valence-electron chi connectivity index (χ3n) is 3.99. The quantitative estimate of drug-likeness (QED) is 0.927. The number of sulfonamides is 1. The van der Waals surface area contributed by atoms with Gasteiger partial charge in [0.2, 0.25) is 10.0 Å². The molecule has 0 spiro atoms. The molecule has 0 aliphatic heterocycles. The number of hydrogen-bond acceptors (Lipinski definition) is 3. The first-order chi connectivity index (χ1) is 9.51. The normalized spacial score (nSPS) is 23.2. The lowest BCUT2D eigenvalue weighted by atomic mass is 9.83. The molecule has 0 saturated heterocycles. The van der Waals surface area contributed by atoms with Gasteiger partial charge in [-0.1, -0.05) is 19.8 Å². The molecule has 0 unspecified atom stereocenters. The average Bonchev–Trinajstić information content (AvgIpc) is 2.47. The van der Waals surface area contributed by atoms with Crippen molar-refractivity contribution in [3.8, 4) is 6.07 Å². The Morgan fingerprint density at radius 2 is 1.80 bits per heavy atom. The third kappa shape index (κ3) is 3.81. The highest BCUT2D eigenvalue weighted by molar-refractivity contribution is 7.89. The molecule has 5 heteroatoms. The molecule has 1 saturated carbocycles. The number of benzene rings is 1. The Bertz CT molecular complexity index is 579. The van der Waals surface area contributed by atoms with E-state index in [-0.39, 0.29) is 4.90 Å². The Morgan fingerprint density at radius 3 is 2.35 bits per heavy atom. The maximum Gasteiger partial charge on any atom is 0.240 e. The Hall–Kier alpha value is -1.38. The molecule has 0 heterocycles. The van der Waals surface area contributed by atoms with E-state index < -0.39 is 10.0 Å². The van der Waals surface area contributed by atoms with Gasteiger partial charge < -0.3 is 0 Å². The lowest BCUT2D eigenvalue weighted by Crippen LogP contribution is -2.31. The van der Waals surface area contributed by atoms with Crippen molar-refractivity contribution in [3.05, 3.63) is 29.8 Å². The SMILES string of the molecule is CC1CCC(CNS(=O)(=O)c2ccc(C#N)cc2)CC1. The summed E-state index contributed by atoms with van der Waals surface area (Å²) in [5.74, 6) is 1.21. The fourth-order valence-corrected chi connectivity index (χ4v) is 3.67. The van der Waals surface area contributed by atoms with E-state index in [0.717, 1.165) is 18.8 Å². The first-order valence-corrected chi connectivity index (χ1v) is 8.49. The lowest BCUT2D eigenvalue weighted by Gasteiger charge is -2.26. The maximum absolute atomic E-state index is 12.1. The zero-order valence-corrected chi connectivity index (χ0v) is 12.5. The van der Waals surface area contributed by atoms with Gasteiger partial charge in [0, 0.05) is 6.54 Å². The molecule has 0 amide bonds. The number of hydrogen-bond donors (Lipinski definition) is 1. The van der Waals surface area contributed by atoms with Crippen LogP contribution in [0.5, 0.6) is 0 Å². The molecule has 1 aliphatic rings. The van der Waals surface area contributed by atoms with Crippen LogP contribution in [0, 0.1) is 23.2 Å². The highest BCUT2D eigenvalue weighted by Crippen LogP contribution is 2.28. The van der Waals surface area contributed by atoms with E-state index in [9.17, 15) is 8.42 Å². The summed E-state index contributed by atoms with van der Waals surface area (Å²) >= 11 is 0.